The molecule has 2 aromatic heterocycles. The maximum atomic E-state index is 14.5. The van der Waals surface area contributed by atoms with Crippen LogP contribution in [-0.2, 0) is 11.3 Å². The van der Waals surface area contributed by atoms with Gasteiger partial charge in [-0.1, -0.05) is 41.6 Å². The fraction of sp³-hybridized carbons (Fsp3) is 0.227. The molecule has 30 heavy (non-hydrogen) atoms. The summed E-state index contributed by atoms with van der Waals surface area (Å²) in [6.07, 6.45) is 3.70. The maximum Gasteiger partial charge on any atom is 0.276 e. The lowest BCUT2D eigenvalue weighted by Crippen LogP contribution is -2.22. The third kappa shape index (κ3) is 4.67. The molecule has 0 bridgehead atoms. The molecule has 1 aliphatic rings. The lowest BCUT2D eigenvalue weighted by molar-refractivity contribution is 0.101. The van der Waals surface area contributed by atoms with Gasteiger partial charge in [0.1, 0.15) is 5.69 Å². The van der Waals surface area contributed by atoms with Crippen molar-refractivity contribution < 1.29 is 13.9 Å². The second kappa shape index (κ2) is 9.08. The average Bonchev–Trinajstić information content (AvgIpc) is 3.39. The van der Waals surface area contributed by atoms with Crippen LogP contribution in [0.1, 0.15) is 28.0 Å². The van der Waals surface area contributed by atoms with E-state index < -0.39 is 11.7 Å². The van der Waals surface area contributed by atoms with Gasteiger partial charge in [-0.2, -0.15) is 5.10 Å². The Morgan fingerprint density at radius 3 is 2.80 bits per heavy atom. The van der Waals surface area contributed by atoms with Crippen LogP contribution in [-0.4, -0.2) is 33.9 Å². The SMILES string of the molecule is O=C(Nc1ncc(C#Cc2ccccc2)cc1F)c1c(Cl)cnn1C[C@@H]1CCOC1. The highest BCUT2D eigenvalue weighted by Gasteiger charge is 2.23. The van der Waals surface area contributed by atoms with Gasteiger partial charge in [-0.15, -0.1) is 0 Å². The number of hydrogen-bond donors (Lipinski definition) is 1. The molecule has 0 unspecified atom stereocenters. The normalized spacial score (nSPS) is 15.5. The standard InChI is InChI=1S/C22H18ClFN4O2/c23-18-12-26-28(13-17-8-9-30-14-17)20(18)22(29)27-21-19(24)10-16(11-25-21)7-6-15-4-2-1-3-5-15/h1-5,10-12,17H,8-9,13-14H2,(H,25,27,29)/t17-/m0/s1. The van der Waals surface area contributed by atoms with Gasteiger partial charge in [0.25, 0.3) is 5.91 Å². The van der Waals surface area contributed by atoms with Crippen LogP contribution in [0, 0.1) is 23.6 Å². The van der Waals surface area contributed by atoms with Crippen molar-refractivity contribution in [2.75, 3.05) is 18.5 Å². The Labute approximate surface area is 178 Å². The Morgan fingerprint density at radius 2 is 2.07 bits per heavy atom. The molecule has 0 spiro atoms. The number of anilines is 1. The molecule has 8 heteroatoms. The van der Waals surface area contributed by atoms with Crippen LogP contribution in [0.2, 0.25) is 5.02 Å². The van der Waals surface area contributed by atoms with Gasteiger partial charge in [-0.3, -0.25) is 9.48 Å². The third-order valence-electron chi connectivity index (χ3n) is 4.66. The minimum Gasteiger partial charge on any atom is -0.381 e. The summed E-state index contributed by atoms with van der Waals surface area (Å²) in [5.41, 5.74) is 1.38. The summed E-state index contributed by atoms with van der Waals surface area (Å²) in [7, 11) is 0. The van der Waals surface area contributed by atoms with Crippen LogP contribution in [0.3, 0.4) is 0 Å². The van der Waals surface area contributed by atoms with Crippen LogP contribution in [0.25, 0.3) is 0 Å². The Bertz CT molecular complexity index is 1120. The minimum absolute atomic E-state index is 0.165. The molecule has 6 nitrogen and oxygen atoms in total. The van der Waals surface area contributed by atoms with Gasteiger partial charge in [0.05, 0.1) is 17.8 Å². The molecule has 0 saturated carbocycles. The average molecular weight is 425 g/mol. The van der Waals surface area contributed by atoms with E-state index in [1.54, 1.807) is 0 Å². The molecular weight excluding hydrogens is 407 g/mol. The first-order valence-corrected chi connectivity index (χ1v) is 9.81. The van der Waals surface area contributed by atoms with Gasteiger partial charge in [0.2, 0.25) is 0 Å². The number of ether oxygens (including phenoxy) is 1. The molecule has 4 rings (SSSR count). The molecule has 1 saturated heterocycles. The zero-order valence-electron chi connectivity index (χ0n) is 15.9. The number of amides is 1. The van der Waals surface area contributed by atoms with E-state index >= 15 is 0 Å². The van der Waals surface area contributed by atoms with E-state index in [1.807, 2.05) is 30.3 Å². The summed E-state index contributed by atoms with van der Waals surface area (Å²) in [6, 6.07) is 10.6. The van der Waals surface area contributed by atoms with Crippen LogP contribution >= 0.6 is 11.6 Å². The number of nitrogens with zero attached hydrogens (tertiary/aromatic N) is 3. The van der Waals surface area contributed by atoms with Crippen molar-refractivity contribution in [1.29, 1.82) is 0 Å². The highest BCUT2D eigenvalue weighted by molar-refractivity contribution is 6.34. The number of nitrogens with one attached hydrogen (secondary N) is 1. The molecule has 0 radical (unpaired) electrons. The molecule has 1 aliphatic heterocycles. The van der Waals surface area contributed by atoms with Crippen molar-refractivity contribution in [3.63, 3.8) is 0 Å². The van der Waals surface area contributed by atoms with Gasteiger partial charge in [0.15, 0.2) is 11.6 Å². The van der Waals surface area contributed by atoms with Gasteiger partial charge in [0, 0.05) is 36.4 Å². The number of carbonyl (C=O) groups excluding carboxylic acids is 1. The second-order valence-corrected chi connectivity index (χ2v) is 7.28. The molecule has 152 valence electrons. The number of halogens is 2. The van der Waals surface area contributed by atoms with Gasteiger partial charge in [-0.05, 0) is 24.6 Å². The highest BCUT2D eigenvalue weighted by atomic mass is 35.5. The Hall–Kier alpha value is -3.21. The van der Waals surface area contributed by atoms with Crippen molar-refractivity contribution in [3.05, 3.63) is 76.5 Å². The molecule has 1 fully saturated rings. The third-order valence-corrected chi connectivity index (χ3v) is 4.94. The fourth-order valence-corrected chi connectivity index (χ4v) is 3.36. The second-order valence-electron chi connectivity index (χ2n) is 6.88. The summed E-state index contributed by atoms with van der Waals surface area (Å²) in [6.45, 7) is 1.80. The van der Waals surface area contributed by atoms with Gasteiger partial charge >= 0.3 is 0 Å². The summed E-state index contributed by atoms with van der Waals surface area (Å²) in [5.74, 6) is 4.59. The first-order valence-electron chi connectivity index (χ1n) is 9.43. The summed E-state index contributed by atoms with van der Waals surface area (Å²) >= 11 is 6.15. The lowest BCUT2D eigenvalue weighted by Gasteiger charge is -2.12. The predicted octanol–water partition coefficient (Wildman–Crippen LogP) is 3.76. The van der Waals surface area contributed by atoms with E-state index in [0.29, 0.717) is 25.3 Å². The summed E-state index contributed by atoms with van der Waals surface area (Å²) < 4.78 is 21.4. The number of rotatable bonds is 4. The van der Waals surface area contributed by atoms with Crippen LogP contribution < -0.4 is 5.32 Å². The van der Waals surface area contributed by atoms with Gasteiger partial charge in [-0.25, -0.2) is 9.37 Å². The zero-order valence-corrected chi connectivity index (χ0v) is 16.7. The van der Waals surface area contributed by atoms with Gasteiger partial charge < -0.3 is 10.1 Å². The van der Waals surface area contributed by atoms with E-state index in [4.69, 9.17) is 16.3 Å². The van der Waals surface area contributed by atoms with E-state index in [-0.39, 0.29) is 22.5 Å². The Kier molecular flexibility index (Phi) is 6.07. The highest BCUT2D eigenvalue weighted by Crippen LogP contribution is 2.21. The van der Waals surface area contributed by atoms with E-state index in [0.717, 1.165) is 12.0 Å². The van der Waals surface area contributed by atoms with Crippen LogP contribution in [0.5, 0.6) is 0 Å². The van der Waals surface area contributed by atoms with Crippen molar-refractivity contribution in [3.8, 4) is 11.8 Å². The minimum atomic E-state index is -0.686. The summed E-state index contributed by atoms with van der Waals surface area (Å²) in [4.78, 5) is 16.7. The van der Waals surface area contributed by atoms with Crippen LogP contribution in [0.15, 0.2) is 48.8 Å². The van der Waals surface area contributed by atoms with Crippen molar-refractivity contribution in [2.24, 2.45) is 5.92 Å². The quantitative estimate of drug-likeness (QED) is 0.647. The van der Waals surface area contributed by atoms with Crippen molar-refractivity contribution in [1.82, 2.24) is 14.8 Å². The topological polar surface area (TPSA) is 69.0 Å². The predicted molar refractivity (Wildman–Crippen MR) is 111 cm³/mol. The number of aromatic nitrogens is 3. The molecule has 3 aromatic rings. The molecule has 1 atom stereocenters. The molecule has 1 amide bonds. The summed E-state index contributed by atoms with van der Waals surface area (Å²) in [5, 5.41) is 6.83. The largest absolute Gasteiger partial charge is 0.381 e. The van der Waals surface area contributed by atoms with E-state index in [1.165, 1.54) is 23.1 Å². The lowest BCUT2D eigenvalue weighted by atomic mass is 10.1. The molecular formula is C22H18ClFN4O2. The molecule has 1 aromatic carbocycles. The fourth-order valence-electron chi connectivity index (χ4n) is 3.13. The molecule has 1 N–H and O–H groups in total. The molecule has 0 aliphatic carbocycles. The number of hydrogen-bond acceptors (Lipinski definition) is 4. The maximum absolute atomic E-state index is 14.5. The first-order chi connectivity index (χ1) is 14.6. The van der Waals surface area contributed by atoms with E-state index in [2.05, 4.69) is 27.2 Å². The van der Waals surface area contributed by atoms with E-state index in [9.17, 15) is 9.18 Å². The zero-order chi connectivity index (χ0) is 20.9. The first kappa shape index (κ1) is 20.1. The van der Waals surface area contributed by atoms with Crippen molar-refractivity contribution >= 4 is 23.3 Å². The number of carbonyl (C=O) groups is 1. The van der Waals surface area contributed by atoms with Crippen LogP contribution in [0.4, 0.5) is 10.2 Å². The Morgan fingerprint density at radius 1 is 1.27 bits per heavy atom. The Balaban J connectivity index is 1.49. The molecule has 3 heterocycles. The number of pyridine rings is 1. The smallest absolute Gasteiger partial charge is 0.276 e. The van der Waals surface area contributed by atoms with Crippen molar-refractivity contribution in [2.45, 2.75) is 13.0 Å². The number of benzene rings is 1. The monoisotopic (exact) mass is 424 g/mol.